The van der Waals surface area contributed by atoms with Gasteiger partial charge >= 0.3 is 0 Å². The second kappa shape index (κ2) is 8.06. The molecule has 0 aliphatic rings. The number of terminal acetylenes is 2. The Balaban J connectivity index is 1.77. The molecule has 0 aromatic heterocycles. The molecule has 0 fully saturated rings. The summed E-state index contributed by atoms with van der Waals surface area (Å²) in [6, 6.07) is 16.2. The number of rotatable bonds is 4. The highest BCUT2D eigenvalue weighted by atomic mass is 16.5. The standard InChI is InChI=1S/C26H18N2O4/c1-3-15-11-20-16(12-26(15)32-18-7-9-24(30)22(28)14-18)5-10-25(19(20)4-2)31-17-6-8-23(29)21(27)13-17/h1-2,5-14,29-30H,27-28H2. The minimum Gasteiger partial charge on any atom is -0.506 e. The Bertz CT molecular complexity index is 1390. The molecule has 0 amide bonds. The van der Waals surface area contributed by atoms with E-state index in [0.717, 1.165) is 5.39 Å². The van der Waals surface area contributed by atoms with Gasteiger partial charge in [-0.2, -0.15) is 0 Å². The highest BCUT2D eigenvalue weighted by Crippen LogP contribution is 2.37. The van der Waals surface area contributed by atoms with Crippen molar-refractivity contribution in [2.45, 2.75) is 0 Å². The summed E-state index contributed by atoms with van der Waals surface area (Å²) in [5.74, 6) is 6.94. The number of nitrogens with two attached hydrogens (primary N) is 2. The predicted molar refractivity (Wildman–Crippen MR) is 125 cm³/mol. The fourth-order valence-corrected chi connectivity index (χ4v) is 3.21. The number of fused-ring (bicyclic) bond motifs is 1. The van der Waals surface area contributed by atoms with E-state index in [4.69, 9.17) is 33.8 Å². The Morgan fingerprint density at radius 1 is 0.688 bits per heavy atom. The highest BCUT2D eigenvalue weighted by molar-refractivity contribution is 5.93. The van der Waals surface area contributed by atoms with Crippen LogP contribution in [0.4, 0.5) is 11.4 Å². The molecule has 6 heteroatoms. The summed E-state index contributed by atoms with van der Waals surface area (Å²) in [4.78, 5) is 0. The monoisotopic (exact) mass is 422 g/mol. The van der Waals surface area contributed by atoms with Crippen LogP contribution in [0.25, 0.3) is 10.8 Å². The molecule has 0 bridgehead atoms. The molecule has 0 radical (unpaired) electrons. The summed E-state index contributed by atoms with van der Waals surface area (Å²) in [5, 5.41) is 20.7. The van der Waals surface area contributed by atoms with E-state index >= 15 is 0 Å². The van der Waals surface area contributed by atoms with Crippen LogP contribution in [-0.4, -0.2) is 10.2 Å². The Morgan fingerprint density at radius 3 is 1.81 bits per heavy atom. The topological polar surface area (TPSA) is 111 Å². The van der Waals surface area contributed by atoms with E-state index in [1.807, 2.05) is 6.07 Å². The molecule has 32 heavy (non-hydrogen) atoms. The van der Waals surface area contributed by atoms with Gasteiger partial charge in [0, 0.05) is 17.5 Å². The molecule has 0 aliphatic carbocycles. The maximum Gasteiger partial charge on any atom is 0.143 e. The molecule has 4 aromatic rings. The van der Waals surface area contributed by atoms with Gasteiger partial charge in [0.15, 0.2) is 0 Å². The van der Waals surface area contributed by atoms with Gasteiger partial charge in [-0.25, -0.2) is 0 Å². The molecule has 0 spiro atoms. The van der Waals surface area contributed by atoms with Crippen molar-refractivity contribution in [2.75, 3.05) is 11.5 Å². The first kappa shape index (κ1) is 20.3. The quantitative estimate of drug-likeness (QED) is 0.210. The van der Waals surface area contributed by atoms with Gasteiger partial charge in [0.25, 0.3) is 0 Å². The van der Waals surface area contributed by atoms with Crippen LogP contribution in [0.15, 0.2) is 60.7 Å². The molecule has 6 N–H and O–H groups in total. The van der Waals surface area contributed by atoms with Crippen molar-refractivity contribution in [1.82, 2.24) is 0 Å². The van der Waals surface area contributed by atoms with Crippen molar-refractivity contribution in [3.63, 3.8) is 0 Å². The van der Waals surface area contributed by atoms with Crippen molar-refractivity contribution >= 4 is 22.1 Å². The van der Waals surface area contributed by atoms with Crippen LogP contribution in [0.5, 0.6) is 34.5 Å². The van der Waals surface area contributed by atoms with E-state index in [9.17, 15) is 10.2 Å². The van der Waals surface area contributed by atoms with Gasteiger partial charge in [0.05, 0.1) is 22.5 Å². The lowest BCUT2D eigenvalue weighted by Crippen LogP contribution is -1.94. The fraction of sp³-hybridized carbons (Fsp3) is 0. The van der Waals surface area contributed by atoms with E-state index in [1.165, 1.54) is 24.3 Å². The number of ether oxygens (including phenoxy) is 2. The normalized spacial score (nSPS) is 10.3. The highest BCUT2D eigenvalue weighted by Gasteiger charge is 2.14. The third-order valence-corrected chi connectivity index (χ3v) is 4.84. The third-order valence-electron chi connectivity index (χ3n) is 4.84. The molecule has 0 unspecified atom stereocenters. The van der Waals surface area contributed by atoms with E-state index in [1.54, 1.807) is 30.3 Å². The second-order valence-corrected chi connectivity index (χ2v) is 6.94. The maximum atomic E-state index is 9.61. The van der Waals surface area contributed by atoms with Gasteiger partial charge in [-0.05, 0) is 47.9 Å². The first-order valence-electron chi connectivity index (χ1n) is 9.46. The lowest BCUT2D eigenvalue weighted by molar-refractivity contribution is 0.466. The van der Waals surface area contributed by atoms with Crippen molar-refractivity contribution < 1.29 is 19.7 Å². The number of anilines is 2. The summed E-state index contributed by atoms with van der Waals surface area (Å²) in [6.07, 6.45) is 11.5. The van der Waals surface area contributed by atoms with Gasteiger partial charge in [0.2, 0.25) is 0 Å². The Labute approximate surface area is 184 Å². The zero-order chi connectivity index (χ0) is 22.8. The van der Waals surface area contributed by atoms with Crippen LogP contribution in [-0.2, 0) is 0 Å². The molecule has 0 aliphatic heterocycles. The van der Waals surface area contributed by atoms with E-state index in [-0.39, 0.29) is 22.9 Å². The van der Waals surface area contributed by atoms with Gasteiger partial charge < -0.3 is 31.2 Å². The summed E-state index contributed by atoms with van der Waals surface area (Å²) in [7, 11) is 0. The number of hydrogen-bond acceptors (Lipinski definition) is 6. The van der Waals surface area contributed by atoms with Gasteiger partial charge in [-0.1, -0.05) is 17.9 Å². The summed E-state index contributed by atoms with van der Waals surface area (Å²) in [5.41, 5.74) is 12.9. The second-order valence-electron chi connectivity index (χ2n) is 6.94. The van der Waals surface area contributed by atoms with E-state index < -0.39 is 0 Å². The lowest BCUT2D eigenvalue weighted by atomic mass is 10.0. The summed E-state index contributed by atoms with van der Waals surface area (Å²) in [6.45, 7) is 0. The van der Waals surface area contributed by atoms with Crippen molar-refractivity contribution in [1.29, 1.82) is 0 Å². The molecule has 6 nitrogen and oxygen atoms in total. The number of benzene rings is 4. The van der Waals surface area contributed by atoms with E-state index in [2.05, 4.69) is 11.8 Å². The SMILES string of the molecule is C#Cc1cc2c(C#C)c(Oc3ccc(O)c(N)c3)ccc2cc1Oc1ccc(O)c(N)c1. The molecule has 0 saturated heterocycles. The molecule has 4 aromatic carbocycles. The molecular formula is C26H18N2O4. The van der Waals surface area contributed by atoms with Crippen LogP contribution >= 0.6 is 0 Å². The molecule has 0 heterocycles. The average Bonchev–Trinajstić information content (AvgIpc) is 2.78. The van der Waals surface area contributed by atoms with Crippen LogP contribution in [0.1, 0.15) is 11.1 Å². The first-order valence-corrected chi connectivity index (χ1v) is 9.46. The maximum absolute atomic E-state index is 9.61. The largest absolute Gasteiger partial charge is 0.506 e. The number of nitrogen functional groups attached to an aromatic ring is 2. The van der Waals surface area contributed by atoms with Crippen molar-refractivity contribution in [2.24, 2.45) is 0 Å². The predicted octanol–water partition coefficient (Wildman–Crippen LogP) is 4.96. The fourth-order valence-electron chi connectivity index (χ4n) is 3.21. The minimum absolute atomic E-state index is 0.0328. The number of hydrogen-bond donors (Lipinski definition) is 4. The van der Waals surface area contributed by atoms with Gasteiger partial charge in [0.1, 0.15) is 34.5 Å². The third kappa shape index (κ3) is 3.77. The first-order chi connectivity index (χ1) is 15.4. The lowest BCUT2D eigenvalue weighted by Gasteiger charge is -2.14. The zero-order valence-corrected chi connectivity index (χ0v) is 16.8. The zero-order valence-electron chi connectivity index (χ0n) is 16.8. The number of aromatic hydroxyl groups is 2. The molecule has 0 saturated carbocycles. The van der Waals surface area contributed by atoms with Crippen LogP contribution in [0.2, 0.25) is 0 Å². The minimum atomic E-state index is -0.0328. The van der Waals surface area contributed by atoms with Crippen molar-refractivity contribution in [3.05, 3.63) is 71.8 Å². The Hall–Kier alpha value is -4.94. The molecule has 4 rings (SSSR count). The number of phenolic OH excluding ortho intramolecular Hbond substituents is 2. The average molecular weight is 422 g/mol. The van der Waals surface area contributed by atoms with Gasteiger partial charge in [-0.3, -0.25) is 0 Å². The summed E-state index contributed by atoms with van der Waals surface area (Å²) >= 11 is 0. The molecule has 0 atom stereocenters. The summed E-state index contributed by atoms with van der Waals surface area (Å²) < 4.78 is 11.8. The Morgan fingerprint density at radius 2 is 1.28 bits per heavy atom. The molecular weight excluding hydrogens is 404 g/mol. The Kier molecular flexibility index (Phi) is 5.12. The smallest absolute Gasteiger partial charge is 0.143 e. The number of phenols is 2. The van der Waals surface area contributed by atoms with Crippen LogP contribution in [0, 0.1) is 24.7 Å². The van der Waals surface area contributed by atoms with Crippen molar-refractivity contribution in [3.8, 4) is 59.2 Å². The van der Waals surface area contributed by atoms with Crippen LogP contribution in [0.3, 0.4) is 0 Å². The van der Waals surface area contributed by atoms with Crippen LogP contribution < -0.4 is 20.9 Å². The molecule has 156 valence electrons. The van der Waals surface area contributed by atoms with Gasteiger partial charge in [-0.15, -0.1) is 12.8 Å². The van der Waals surface area contributed by atoms with E-state index in [0.29, 0.717) is 39.5 Å².